The molecule has 0 aromatic heterocycles. The van der Waals surface area contributed by atoms with Crippen molar-refractivity contribution in [2.45, 2.75) is 50.6 Å². The number of sulfonamides is 1. The molecule has 4 nitrogen and oxygen atoms in total. The third-order valence-corrected chi connectivity index (χ3v) is 7.35. The molecule has 0 saturated carbocycles. The van der Waals surface area contributed by atoms with Crippen LogP contribution in [0.2, 0.25) is 0 Å². The summed E-state index contributed by atoms with van der Waals surface area (Å²) in [6.45, 7) is 8.45. The first-order valence-corrected chi connectivity index (χ1v) is 14.4. The van der Waals surface area contributed by atoms with Crippen molar-refractivity contribution in [3.63, 3.8) is 0 Å². The van der Waals surface area contributed by atoms with E-state index in [9.17, 15) is 25.7 Å². The standard InChI is InChI=1S/C21H21N2O2S.C10H14.BF4.Ru/c1-16-12-14-19(15-13-16)26(24,25)23-21(18-10-6-3-7-11-18)20(22)17-8-4-2-5-9-17;1-8(2)10-6-4-9(3)5-7-10;2-1(3,4)5;/h2-15,20-21H,22H2,1H3;4-8H,1-3H3;;/q-1;;-1;+2. The summed E-state index contributed by atoms with van der Waals surface area (Å²) < 4.78 is 68.9. The van der Waals surface area contributed by atoms with E-state index in [0.717, 1.165) is 16.7 Å². The summed E-state index contributed by atoms with van der Waals surface area (Å²) in [5, 5.41) is 0. The third-order valence-electron chi connectivity index (χ3n) is 5.98. The molecule has 2 unspecified atom stereocenters. The van der Waals surface area contributed by atoms with Crippen LogP contribution in [0, 0.1) is 13.8 Å². The van der Waals surface area contributed by atoms with Gasteiger partial charge in [-0.15, -0.1) is 0 Å². The molecule has 4 aromatic rings. The van der Waals surface area contributed by atoms with E-state index in [1.165, 1.54) is 11.1 Å². The van der Waals surface area contributed by atoms with Crippen molar-refractivity contribution in [3.05, 3.63) is 142 Å². The first-order valence-electron chi connectivity index (χ1n) is 13.0. The maximum atomic E-state index is 12.8. The number of rotatable bonds is 7. The van der Waals surface area contributed by atoms with E-state index in [1.54, 1.807) is 24.3 Å². The number of halogens is 4. The molecule has 0 bridgehead atoms. The number of nitrogens with zero attached hydrogens (tertiary/aromatic N) is 1. The Kier molecular flexibility index (Phi) is 15.3. The Morgan fingerprint density at radius 2 is 1.02 bits per heavy atom. The minimum Gasteiger partial charge on any atom is -0.537 e. The first-order chi connectivity index (χ1) is 19.2. The van der Waals surface area contributed by atoms with E-state index in [0.29, 0.717) is 5.92 Å². The zero-order valence-corrected chi connectivity index (χ0v) is 26.4. The second-order valence-electron chi connectivity index (χ2n) is 9.75. The van der Waals surface area contributed by atoms with Gasteiger partial charge in [-0.2, -0.15) is 0 Å². The fraction of sp³-hybridized carbons (Fsp3) is 0.226. The van der Waals surface area contributed by atoms with Gasteiger partial charge in [0.15, 0.2) is 0 Å². The normalized spacial score (nSPS) is 12.5. The molecular formula is C31H35BF4N2O2RuS. The fourth-order valence-corrected chi connectivity index (χ4v) is 4.87. The number of hydrogen-bond acceptors (Lipinski definition) is 3. The van der Waals surface area contributed by atoms with Gasteiger partial charge in [0.2, 0.25) is 0 Å². The van der Waals surface area contributed by atoms with Gasteiger partial charge in [-0.25, -0.2) is 8.42 Å². The van der Waals surface area contributed by atoms with Gasteiger partial charge in [-0.3, -0.25) is 0 Å². The Morgan fingerprint density at radius 1 is 0.643 bits per heavy atom. The van der Waals surface area contributed by atoms with E-state index >= 15 is 0 Å². The molecule has 0 radical (unpaired) electrons. The molecule has 4 aromatic carbocycles. The van der Waals surface area contributed by atoms with E-state index in [-0.39, 0.29) is 24.4 Å². The monoisotopic (exact) mass is 688 g/mol. The zero-order valence-electron chi connectivity index (χ0n) is 23.8. The van der Waals surface area contributed by atoms with Crippen LogP contribution < -0.4 is 5.73 Å². The van der Waals surface area contributed by atoms with Crippen molar-refractivity contribution in [2.24, 2.45) is 5.73 Å². The Hall–Kier alpha value is -2.84. The smallest absolute Gasteiger partial charge is 0.537 e. The van der Waals surface area contributed by atoms with Gasteiger partial charge < -0.3 is 27.7 Å². The number of benzene rings is 4. The largest absolute Gasteiger partial charge is 2.00 e. The van der Waals surface area contributed by atoms with Gasteiger partial charge in [-0.1, -0.05) is 134 Å². The summed E-state index contributed by atoms with van der Waals surface area (Å²) in [7, 11) is -9.83. The van der Waals surface area contributed by atoms with Crippen LogP contribution in [0.15, 0.2) is 114 Å². The van der Waals surface area contributed by atoms with Gasteiger partial charge >= 0.3 is 26.7 Å². The predicted molar refractivity (Wildman–Crippen MR) is 160 cm³/mol. The zero-order chi connectivity index (χ0) is 30.6. The summed E-state index contributed by atoms with van der Waals surface area (Å²) in [6.07, 6.45) is 0. The molecule has 4 rings (SSSR count). The average molecular weight is 688 g/mol. The van der Waals surface area contributed by atoms with Gasteiger partial charge in [0.1, 0.15) is 10.0 Å². The minimum absolute atomic E-state index is 0. The van der Waals surface area contributed by atoms with Crippen molar-refractivity contribution < 1.29 is 45.2 Å². The van der Waals surface area contributed by atoms with E-state index in [4.69, 9.17) is 5.73 Å². The second-order valence-corrected chi connectivity index (χ2v) is 11.4. The third kappa shape index (κ3) is 13.4. The molecule has 2 N–H and O–H groups in total. The Balaban J connectivity index is 0.000000456. The summed E-state index contributed by atoms with van der Waals surface area (Å²) in [4.78, 5) is 0.171. The molecule has 2 atom stereocenters. The quantitative estimate of drug-likeness (QED) is 0.156. The molecule has 42 heavy (non-hydrogen) atoms. The summed E-state index contributed by atoms with van der Waals surface area (Å²) in [5.74, 6) is 0.653. The van der Waals surface area contributed by atoms with Crippen molar-refractivity contribution in [1.29, 1.82) is 0 Å². The second kappa shape index (κ2) is 17.3. The van der Waals surface area contributed by atoms with Crippen LogP contribution >= 0.6 is 0 Å². The van der Waals surface area contributed by atoms with Gasteiger partial charge in [0, 0.05) is 10.9 Å². The molecule has 0 fully saturated rings. The van der Waals surface area contributed by atoms with Gasteiger partial charge in [-0.05, 0) is 43.0 Å². The van der Waals surface area contributed by atoms with E-state index < -0.39 is 29.4 Å². The molecule has 0 aliphatic rings. The molecule has 0 aliphatic heterocycles. The minimum atomic E-state index is -6.00. The number of hydrogen-bond donors (Lipinski definition) is 1. The maximum Gasteiger partial charge on any atom is 2.00 e. The summed E-state index contributed by atoms with van der Waals surface area (Å²) >= 11 is 0. The van der Waals surface area contributed by atoms with Crippen LogP contribution in [0.1, 0.15) is 59.7 Å². The van der Waals surface area contributed by atoms with E-state index in [2.05, 4.69) is 49.8 Å². The molecule has 0 aliphatic carbocycles. The van der Waals surface area contributed by atoms with Crippen LogP contribution in [-0.4, -0.2) is 15.7 Å². The first kappa shape index (κ1) is 37.2. The Labute approximate surface area is 259 Å². The van der Waals surface area contributed by atoms with Gasteiger partial charge in [0.05, 0.1) is 0 Å². The van der Waals surface area contributed by atoms with Crippen LogP contribution in [0.4, 0.5) is 17.3 Å². The fourth-order valence-electron chi connectivity index (χ4n) is 3.71. The topological polar surface area (TPSA) is 74.3 Å². The maximum absolute atomic E-state index is 12.8. The predicted octanol–water partition coefficient (Wildman–Crippen LogP) is 8.91. The average Bonchev–Trinajstić information content (AvgIpc) is 2.92. The Bertz CT molecular complexity index is 1420. The van der Waals surface area contributed by atoms with Crippen molar-refractivity contribution in [2.75, 3.05) is 0 Å². The van der Waals surface area contributed by atoms with Crippen molar-refractivity contribution >= 4 is 17.3 Å². The van der Waals surface area contributed by atoms with Crippen LogP contribution in [0.25, 0.3) is 4.72 Å². The Morgan fingerprint density at radius 3 is 1.43 bits per heavy atom. The number of aryl methyl sites for hydroxylation is 2. The number of nitrogens with two attached hydrogens (primary N) is 1. The molecule has 11 heteroatoms. The summed E-state index contributed by atoms with van der Waals surface area (Å²) in [5.41, 5.74) is 11.8. The molecule has 0 amide bonds. The molecule has 226 valence electrons. The molecular weight excluding hydrogens is 652 g/mol. The van der Waals surface area contributed by atoms with E-state index in [1.807, 2.05) is 67.6 Å². The van der Waals surface area contributed by atoms with Crippen LogP contribution in [-0.2, 0) is 29.5 Å². The molecule has 0 saturated heterocycles. The van der Waals surface area contributed by atoms with Crippen LogP contribution in [0.5, 0.6) is 0 Å². The molecule has 0 spiro atoms. The van der Waals surface area contributed by atoms with Gasteiger partial charge in [0.25, 0.3) is 0 Å². The van der Waals surface area contributed by atoms with Crippen molar-refractivity contribution in [3.8, 4) is 0 Å². The molecule has 0 heterocycles. The summed E-state index contributed by atoms with van der Waals surface area (Å²) in [6, 6.07) is 32.8. The SMILES string of the molecule is Cc1ccc(C(C)C)cc1.Cc1ccc(S(=O)(=O)[N-]C(c2ccccc2)C(N)c2ccccc2)cc1.F[B-](F)(F)F.[Ru+2]. The van der Waals surface area contributed by atoms with Crippen molar-refractivity contribution in [1.82, 2.24) is 0 Å². The van der Waals surface area contributed by atoms with Crippen LogP contribution in [0.3, 0.4) is 0 Å².